The second-order valence-corrected chi connectivity index (χ2v) is 23.0. The number of amides is 2. The van der Waals surface area contributed by atoms with Gasteiger partial charge in [-0.25, -0.2) is 18.4 Å². The van der Waals surface area contributed by atoms with Gasteiger partial charge >= 0.3 is 0 Å². The Morgan fingerprint density at radius 2 is 1.09 bits per heavy atom. The summed E-state index contributed by atoms with van der Waals surface area (Å²) < 4.78 is 112. The fourth-order valence-electron chi connectivity index (χ4n) is 6.43. The number of aliphatic hydroxyl groups excluding tert-OH is 1. The van der Waals surface area contributed by atoms with Crippen LogP contribution in [0, 0.1) is 13.8 Å². The van der Waals surface area contributed by atoms with Crippen LogP contribution >= 0.6 is 22.7 Å². The smallest absolute Gasteiger partial charge is 0.297 e. The fourth-order valence-corrected chi connectivity index (χ4v) is 14.0. The Balaban J connectivity index is 0.000000233. The van der Waals surface area contributed by atoms with Gasteiger partial charge in [0.2, 0.25) is 5.13 Å². The molecule has 2 atom stereocenters. The molecule has 64 heavy (non-hydrogen) atoms. The van der Waals surface area contributed by atoms with Crippen molar-refractivity contribution in [2.24, 2.45) is 0 Å². The molecule has 2 aliphatic heterocycles. The summed E-state index contributed by atoms with van der Waals surface area (Å²) in [5.41, 5.74) is 2.52. The third-order valence-electron chi connectivity index (χ3n) is 9.78. The number of hydrogen-bond acceptors (Lipinski definition) is 16. The summed E-state index contributed by atoms with van der Waals surface area (Å²) >= 11 is 2.03. The zero-order chi connectivity index (χ0) is 46.0. The van der Waals surface area contributed by atoms with Crippen LogP contribution in [0.3, 0.4) is 0 Å². The molecule has 2 amide bonds. The molecular weight excluding hydrogens is 949 g/mol. The number of aryl methyl sites for hydroxylation is 2. The Morgan fingerprint density at radius 1 is 0.625 bits per heavy atom. The van der Waals surface area contributed by atoms with Crippen LogP contribution in [-0.2, 0) is 54.0 Å². The third-order valence-corrected chi connectivity index (χ3v) is 18.4. The van der Waals surface area contributed by atoms with Crippen molar-refractivity contribution >= 4 is 96.3 Å². The monoisotopic (exact) mass is 986 g/mol. The van der Waals surface area contributed by atoms with Crippen molar-refractivity contribution in [3.63, 3.8) is 0 Å². The lowest BCUT2D eigenvalue weighted by atomic mass is 10.2. The van der Waals surface area contributed by atoms with Gasteiger partial charge in [0.1, 0.15) is 6.10 Å². The predicted molar refractivity (Wildman–Crippen MR) is 239 cm³/mol. The predicted octanol–water partition coefficient (Wildman–Crippen LogP) is 4.90. The number of sulfonamides is 3. The summed E-state index contributed by atoms with van der Waals surface area (Å²) in [5, 5.41) is 12.6. The van der Waals surface area contributed by atoms with E-state index in [0.717, 1.165) is 22.5 Å². The van der Waals surface area contributed by atoms with Crippen molar-refractivity contribution in [2.45, 2.75) is 58.5 Å². The number of nitrogens with one attached hydrogen (secondary N) is 1. The lowest BCUT2D eigenvalue weighted by Crippen LogP contribution is -2.37. The first kappa shape index (κ1) is 46.4. The number of aliphatic hydroxyl groups is 1. The van der Waals surface area contributed by atoms with Crippen LogP contribution in [0.4, 0.5) is 21.6 Å². The number of carbonyl (C=O) groups excluding carboxylic acids is 2. The Bertz CT molecular complexity index is 3080. The Hall–Kier alpha value is -5.60. The van der Waals surface area contributed by atoms with Crippen LogP contribution in [0.5, 0.6) is 0 Å². The first-order valence-corrected chi connectivity index (χ1v) is 26.5. The minimum atomic E-state index is -4.68. The maximum atomic E-state index is 13.7. The molecule has 8 rings (SSSR count). The molecule has 0 unspecified atom stereocenters. The van der Waals surface area contributed by atoms with Crippen LogP contribution < -0.4 is 18.2 Å². The highest BCUT2D eigenvalue weighted by atomic mass is 32.3. The summed E-state index contributed by atoms with van der Waals surface area (Å²) in [5.74, 6) is -0.968. The van der Waals surface area contributed by atoms with E-state index < -0.39 is 58.3 Å². The SMILES string of the molecule is Cc1ccc(S(=O)(=O)O[C@@H]2CCN(c3ccc(S(=O)(=O)N(c4nccs4)S(=O)(=O)c4ccc(C)cc4)cc3)C2=O)cc1.O=C1[C@H](O)CCN1c1ccc(S(=O)(=O)Nc2nccs2)cc1. The van der Waals surface area contributed by atoms with Crippen LogP contribution in [0.15, 0.2) is 140 Å². The normalized spacial score (nSPS) is 17.0. The number of anilines is 4. The molecule has 2 saturated heterocycles. The van der Waals surface area contributed by atoms with Gasteiger partial charge in [0.15, 0.2) is 11.2 Å². The Kier molecular flexibility index (Phi) is 13.4. The van der Waals surface area contributed by atoms with Crippen molar-refractivity contribution in [2.75, 3.05) is 31.3 Å². The van der Waals surface area contributed by atoms with E-state index >= 15 is 0 Å². The van der Waals surface area contributed by atoms with Crippen LogP contribution in [0.2, 0.25) is 0 Å². The Morgan fingerprint density at radius 3 is 1.58 bits per heavy atom. The molecule has 4 aromatic carbocycles. The van der Waals surface area contributed by atoms with Crippen molar-refractivity contribution in [3.05, 3.63) is 131 Å². The quantitative estimate of drug-likeness (QED) is 0.146. The zero-order valence-corrected chi connectivity index (χ0v) is 38.6. The second kappa shape index (κ2) is 18.5. The van der Waals surface area contributed by atoms with E-state index in [1.165, 1.54) is 99.6 Å². The van der Waals surface area contributed by atoms with Gasteiger partial charge in [0.05, 0.1) is 19.6 Å². The maximum absolute atomic E-state index is 13.7. The number of thiazole rings is 2. The summed E-state index contributed by atoms with van der Waals surface area (Å²) in [6.07, 6.45) is 1.05. The molecule has 2 fully saturated rings. The Labute approximate surface area is 377 Å². The van der Waals surface area contributed by atoms with Gasteiger partial charge in [0.25, 0.3) is 52.0 Å². The summed E-state index contributed by atoms with van der Waals surface area (Å²) in [6, 6.07) is 22.8. The van der Waals surface area contributed by atoms with E-state index in [1.54, 1.807) is 48.7 Å². The third kappa shape index (κ3) is 9.87. The molecule has 6 aromatic rings. The zero-order valence-electron chi connectivity index (χ0n) is 33.7. The van der Waals surface area contributed by atoms with Gasteiger partial charge in [-0.1, -0.05) is 35.4 Å². The second-order valence-electron chi connectivity index (χ2n) is 14.2. The molecule has 0 radical (unpaired) electrons. The molecule has 0 saturated carbocycles. The molecule has 0 bridgehead atoms. The van der Waals surface area contributed by atoms with Crippen molar-refractivity contribution in [1.82, 2.24) is 9.97 Å². The van der Waals surface area contributed by atoms with Crippen molar-refractivity contribution in [1.29, 1.82) is 0 Å². The lowest BCUT2D eigenvalue weighted by molar-refractivity contribution is -0.124. The van der Waals surface area contributed by atoms with Crippen LogP contribution in [0.25, 0.3) is 0 Å². The van der Waals surface area contributed by atoms with Gasteiger partial charge in [-0.3, -0.25) is 18.5 Å². The van der Waals surface area contributed by atoms with Crippen LogP contribution in [-0.4, -0.2) is 85.9 Å². The molecule has 18 nitrogen and oxygen atoms in total. The number of hydrogen-bond donors (Lipinski definition) is 2. The molecule has 2 aliphatic rings. The van der Waals surface area contributed by atoms with Crippen molar-refractivity contribution < 1.29 is 52.5 Å². The van der Waals surface area contributed by atoms with Crippen LogP contribution in [0.1, 0.15) is 24.0 Å². The van der Waals surface area contributed by atoms with Gasteiger partial charge in [0, 0.05) is 60.5 Å². The van der Waals surface area contributed by atoms with E-state index in [4.69, 9.17) is 4.18 Å². The maximum Gasteiger partial charge on any atom is 0.297 e. The molecule has 0 aliphatic carbocycles. The average Bonchev–Trinajstić information content (AvgIpc) is 4.10. The lowest BCUT2D eigenvalue weighted by Gasteiger charge is -2.22. The number of carbonyl (C=O) groups is 2. The minimum absolute atomic E-state index is 0.0701. The van der Waals surface area contributed by atoms with E-state index in [1.807, 2.05) is 6.92 Å². The molecule has 0 spiro atoms. The number of aromatic nitrogens is 2. The first-order valence-electron chi connectivity index (χ1n) is 19.0. The fraction of sp³-hybridized carbons (Fsp3) is 0.200. The molecule has 4 heterocycles. The average molecular weight is 987 g/mol. The molecule has 2 aromatic heterocycles. The molecule has 336 valence electrons. The van der Waals surface area contributed by atoms with Gasteiger partial charge in [-0.05, 0) is 86.6 Å². The number of benzene rings is 4. The topological polar surface area (TPSA) is 248 Å². The highest BCUT2D eigenvalue weighted by molar-refractivity contribution is 8.10. The van der Waals surface area contributed by atoms with E-state index in [2.05, 4.69) is 14.7 Å². The van der Waals surface area contributed by atoms with Gasteiger partial charge < -0.3 is 14.9 Å². The highest BCUT2D eigenvalue weighted by Gasteiger charge is 2.40. The minimum Gasteiger partial charge on any atom is -0.383 e. The number of nitrogens with zero attached hydrogens (tertiary/aromatic N) is 5. The molecule has 24 heteroatoms. The summed E-state index contributed by atoms with van der Waals surface area (Å²) in [7, 11) is -17.1. The number of rotatable bonds is 13. The van der Waals surface area contributed by atoms with E-state index in [-0.39, 0.29) is 43.6 Å². The highest BCUT2D eigenvalue weighted by Crippen LogP contribution is 2.34. The van der Waals surface area contributed by atoms with E-state index in [0.29, 0.717) is 33.2 Å². The van der Waals surface area contributed by atoms with E-state index in [9.17, 15) is 48.4 Å². The molecule has 2 N–H and O–H groups in total. The first-order chi connectivity index (χ1) is 30.3. The largest absolute Gasteiger partial charge is 0.383 e. The molecular formula is C40H38N6O12S6. The standard InChI is InChI=1S/C27H25N3O8S4.C13H13N3O4S2/c1-19-3-9-22(10-4-19)40(32,33)30(27-28-16-18-39-27)41(34,35)23-13-7-21(8-14-23)29-17-15-25(26(29)31)38-42(36,37)24-11-5-20(2)6-12-24;17-11-5-7-16(12(11)18)9-1-3-10(4-2-9)22(19,20)15-13-14-6-8-21-13/h3-14,16,18,25H,15,17H2,1-2H3;1-4,6,8,11,17H,5,7H2,(H,14,15)/t25-;11-/m11/s1. The summed E-state index contributed by atoms with van der Waals surface area (Å²) in [4.78, 5) is 34.8. The van der Waals surface area contributed by atoms with Crippen molar-refractivity contribution in [3.8, 4) is 0 Å². The van der Waals surface area contributed by atoms with Gasteiger partial charge in [-0.2, -0.15) is 25.3 Å². The van der Waals surface area contributed by atoms with Gasteiger partial charge in [-0.15, -0.1) is 26.4 Å². The summed E-state index contributed by atoms with van der Waals surface area (Å²) in [6.45, 7) is 4.14.